The molecule has 0 aromatic heterocycles. The van der Waals surface area contributed by atoms with Crippen molar-refractivity contribution in [3.63, 3.8) is 0 Å². The van der Waals surface area contributed by atoms with Crippen LogP contribution in [0.4, 0.5) is 0 Å². The van der Waals surface area contributed by atoms with Crippen molar-refractivity contribution >= 4 is 0 Å². The molecule has 0 radical (unpaired) electrons. The Morgan fingerprint density at radius 3 is 1.82 bits per heavy atom. The SMILES string of the molecule is CC(C)=CCc1c(C)c(O)cc(C)c1O.CCCCCCC(C)CCCC(C)CCCC(C)C. The van der Waals surface area contributed by atoms with Crippen LogP contribution < -0.4 is 0 Å². The fraction of sp³-hybridized carbons (Fsp3) is 0.750. The first-order valence-corrected chi connectivity index (χ1v) is 14.1. The lowest BCUT2D eigenvalue weighted by atomic mass is 9.92. The normalized spacial score (nSPS) is 12.8. The standard InChI is InChI=1S/C19H40.C13H18O2/c1-6-7-8-9-13-18(4)15-11-16-19(5)14-10-12-17(2)3;1-8(2)5-6-11-10(4)12(14)7-9(3)13(11)15/h17-19H,6-16H2,1-5H3;5,7,14-15H,6H2,1-4H3. The number of rotatable bonds is 15. The van der Waals surface area contributed by atoms with Crippen molar-refractivity contribution < 1.29 is 10.2 Å². The van der Waals surface area contributed by atoms with Crippen molar-refractivity contribution in [2.45, 2.75) is 139 Å². The van der Waals surface area contributed by atoms with Crippen LogP contribution in [-0.4, -0.2) is 10.2 Å². The van der Waals surface area contributed by atoms with E-state index in [1.807, 2.05) is 26.8 Å². The molecule has 0 saturated heterocycles. The number of aromatic hydroxyl groups is 2. The summed E-state index contributed by atoms with van der Waals surface area (Å²) in [6.45, 7) is 19.5. The van der Waals surface area contributed by atoms with E-state index in [2.05, 4.69) is 34.6 Å². The molecule has 1 aromatic rings. The van der Waals surface area contributed by atoms with E-state index in [1.54, 1.807) is 13.0 Å². The monoisotopic (exact) mass is 474 g/mol. The zero-order valence-corrected chi connectivity index (χ0v) is 24.3. The number of allylic oxidation sites excluding steroid dienone is 2. The third-order valence-electron chi connectivity index (χ3n) is 6.99. The summed E-state index contributed by atoms with van der Waals surface area (Å²) >= 11 is 0. The van der Waals surface area contributed by atoms with Gasteiger partial charge in [0.05, 0.1) is 0 Å². The molecule has 2 atom stereocenters. The molecule has 0 fully saturated rings. The molecule has 0 aliphatic rings. The fourth-order valence-electron chi connectivity index (χ4n) is 4.41. The van der Waals surface area contributed by atoms with Gasteiger partial charge in [0.25, 0.3) is 0 Å². The molecule has 0 amide bonds. The van der Waals surface area contributed by atoms with Crippen molar-refractivity contribution in [2.75, 3.05) is 0 Å². The molecule has 2 unspecified atom stereocenters. The Kier molecular flexibility index (Phi) is 18.0. The number of hydrogen-bond acceptors (Lipinski definition) is 2. The van der Waals surface area contributed by atoms with Crippen LogP contribution in [0.5, 0.6) is 11.5 Å². The second-order valence-corrected chi connectivity index (χ2v) is 11.5. The second-order valence-electron chi connectivity index (χ2n) is 11.5. The van der Waals surface area contributed by atoms with Crippen molar-refractivity contribution in [1.82, 2.24) is 0 Å². The molecule has 0 aliphatic heterocycles. The zero-order valence-electron chi connectivity index (χ0n) is 24.3. The van der Waals surface area contributed by atoms with Gasteiger partial charge >= 0.3 is 0 Å². The lowest BCUT2D eigenvalue weighted by Crippen LogP contribution is -2.00. The summed E-state index contributed by atoms with van der Waals surface area (Å²) in [4.78, 5) is 0. The Morgan fingerprint density at radius 2 is 1.32 bits per heavy atom. The Hall–Kier alpha value is -1.44. The van der Waals surface area contributed by atoms with Crippen LogP contribution in [0, 0.1) is 31.6 Å². The van der Waals surface area contributed by atoms with E-state index in [-0.39, 0.29) is 5.75 Å². The first-order valence-electron chi connectivity index (χ1n) is 14.1. The highest BCUT2D eigenvalue weighted by atomic mass is 16.3. The highest BCUT2D eigenvalue weighted by Crippen LogP contribution is 2.32. The first kappa shape index (κ1) is 32.6. The maximum Gasteiger partial charge on any atom is 0.122 e. The van der Waals surface area contributed by atoms with Gasteiger partial charge in [-0.15, -0.1) is 0 Å². The van der Waals surface area contributed by atoms with Crippen LogP contribution in [0.15, 0.2) is 17.7 Å². The molecule has 0 spiro atoms. The fourth-order valence-corrected chi connectivity index (χ4v) is 4.41. The van der Waals surface area contributed by atoms with Crippen LogP contribution in [0.1, 0.15) is 136 Å². The molecular formula is C32H58O2. The first-order chi connectivity index (χ1) is 16.0. The number of benzene rings is 1. The molecule has 1 rings (SSSR count). The lowest BCUT2D eigenvalue weighted by Gasteiger charge is -2.15. The molecule has 0 heterocycles. The van der Waals surface area contributed by atoms with E-state index in [0.717, 1.165) is 34.4 Å². The van der Waals surface area contributed by atoms with Gasteiger partial charge in [-0.3, -0.25) is 0 Å². The van der Waals surface area contributed by atoms with Gasteiger partial charge in [-0.2, -0.15) is 0 Å². The maximum atomic E-state index is 9.88. The summed E-state index contributed by atoms with van der Waals surface area (Å²) in [6, 6.07) is 1.59. The second kappa shape index (κ2) is 18.8. The molecule has 2 heteroatoms. The van der Waals surface area contributed by atoms with Crippen LogP contribution in [0.2, 0.25) is 0 Å². The van der Waals surface area contributed by atoms with E-state index in [1.165, 1.54) is 76.2 Å². The minimum absolute atomic E-state index is 0.252. The minimum Gasteiger partial charge on any atom is -0.508 e. The lowest BCUT2D eigenvalue weighted by molar-refractivity contribution is 0.386. The predicted octanol–water partition coefficient (Wildman–Crippen LogP) is 10.4. The van der Waals surface area contributed by atoms with Gasteiger partial charge in [0.15, 0.2) is 0 Å². The minimum atomic E-state index is 0.252. The summed E-state index contributed by atoms with van der Waals surface area (Å²) < 4.78 is 0. The van der Waals surface area contributed by atoms with Crippen LogP contribution in [0.25, 0.3) is 0 Å². The van der Waals surface area contributed by atoms with E-state index in [0.29, 0.717) is 12.2 Å². The highest BCUT2D eigenvalue weighted by molar-refractivity contribution is 5.52. The summed E-state index contributed by atoms with van der Waals surface area (Å²) in [5.41, 5.74) is 3.49. The smallest absolute Gasteiger partial charge is 0.122 e. The van der Waals surface area contributed by atoms with Crippen molar-refractivity contribution in [2.24, 2.45) is 17.8 Å². The molecule has 0 bridgehead atoms. The Labute approximate surface area is 213 Å². The van der Waals surface area contributed by atoms with Gasteiger partial charge in [-0.25, -0.2) is 0 Å². The number of phenolic OH excluding ortho intramolecular Hbond substituents is 2. The van der Waals surface area contributed by atoms with Crippen molar-refractivity contribution in [3.05, 3.63) is 34.4 Å². The molecular weight excluding hydrogens is 416 g/mol. The molecule has 2 nitrogen and oxygen atoms in total. The van der Waals surface area contributed by atoms with Gasteiger partial charge in [0.2, 0.25) is 0 Å². The van der Waals surface area contributed by atoms with Gasteiger partial charge in [0, 0.05) is 5.56 Å². The third-order valence-corrected chi connectivity index (χ3v) is 6.99. The predicted molar refractivity (Wildman–Crippen MR) is 152 cm³/mol. The highest BCUT2D eigenvalue weighted by Gasteiger charge is 2.11. The van der Waals surface area contributed by atoms with E-state index < -0.39 is 0 Å². The number of aryl methyl sites for hydroxylation is 1. The third kappa shape index (κ3) is 15.5. The molecule has 2 N–H and O–H groups in total. The number of hydrogen-bond donors (Lipinski definition) is 2. The Bertz CT molecular complexity index is 656. The van der Waals surface area contributed by atoms with E-state index >= 15 is 0 Å². The molecule has 198 valence electrons. The van der Waals surface area contributed by atoms with Gasteiger partial charge in [-0.05, 0) is 69.1 Å². The van der Waals surface area contributed by atoms with Crippen molar-refractivity contribution in [1.29, 1.82) is 0 Å². The maximum absolute atomic E-state index is 9.88. The quantitative estimate of drug-likeness (QED) is 0.151. The molecule has 34 heavy (non-hydrogen) atoms. The average molecular weight is 475 g/mol. The summed E-state index contributed by atoms with van der Waals surface area (Å²) in [7, 11) is 0. The summed E-state index contributed by atoms with van der Waals surface area (Å²) in [5, 5.41) is 19.5. The summed E-state index contributed by atoms with van der Waals surface area (Å²) in [6.07, 6.45) is 18.5. The molecule has 0 aliphatic carbocycles. The topological polar surface area (TPSA) is 40.5 Å². The van der Waals surface area contributed by atoms with E-state index in [9.17, 15) is 10.2 Å². The largest absolute Gasteiger partial charge is 0.508 e. The van der Waals surface area contributed by atoms with Gasteiger partial charge in [-0.1, -0.05) is 117 Å². The van der Waals surface area contributed by atoms with E-state index in [4.69, 9.17) is 0 Å². The average Bonchev–Trinajstić information content (AvgIpc) is 2.75. The zero-order chi connectivity index (χ0) is 26.1. The Balaban J connectivity index is 0.000000657. The number of phenols is 2. The Morgan fingerprint density at radius 1 is 0.794 bits per heavy atom. The van der Waals surface area contributed by atoms with Gasteiger partial charge < -0.3 is 10.2 Å². The molecule has 0 saturated carbocycles. The van der Waals surface area contributed by atoms with Crippen molar-refractivity contribution in [3.8, 4) is 11.5 Å². The number of unbranched alkanes of at least 4 members (excludes halogenated alkanes) is 3. The summed E-state index contributed by atoms with van der Waals surface area (Å²) in [5.74, 6) is 3.34. The molecule has 1 aromatic carbocycles. The van der Waals surface area contributed by atoms with Gasteiger partial charge in [0.1, 0.15) is 11.5 Å². The van der Waals surface area contributed by atoms with Crippen LogP contribution in [-0.2, 0) is 6.42 Å². The van der Waals surface area contributed by atoms with Crippen LogP contribution >= 0.6 is 0 Å². The van der Waals surface area contributed by atoms with Crippen LogP contribution in [0.3, 0.4) is 0 Å².